The van der Waals surface area contributed by atoms with Gasteiger partial charge < -0.3 is 20.1 Å². The summed E-state index contributed by atoms with van der Waals surface area (Å²) in [5.74, 6) is 1.79. The van der Waals surface area contributed by atoms with Crippen molar-refractivity contribution >= 4 is 5.91 Å². The molecule has 0 aromatic heterocycles. The van der Waals surface area contributed by atoms with Gasteiger partial charge in [0.1, 0.15) is 0 Å². The Kier molecular flexibility index (Phi) is 4.83. The topological polar surface area (TPSA) is 64.8 Å². The predicted molar refractivity (Wildman–Crippen MR) is 84.2 cm³/mol. The molecule has 0 spiro atoms. The summed E-state index contributed by atoms with van der Waals surface area (Å²) in [6.45, 7) is 2.91. The average molecular weight is 304 g/mol. The minimum Gasteiger partial charge on any atom is -0.490 e. The third kappa shape index (κ3) is 3.71. The molecule has 0 unspecified atom stereocenters. The highest BCUT2D eigenvalue weighted by atomic mass is 16.5. The number of carbonyl (C=O) groups is 1. The van der Waals surface area contributed by atoms with E-state index in [1.807, 2.05) is 23.1 Å². The van der Waals surface area contributed by atoms with Gasteiger partial charge in [0.25, 0.3) is 0 Å². The molecule has 120 valence electrons. The molecule has 2 aliphatic rings. The van der Waals surface area contributed by atoms with Crippen molar-refractivity contribution in [2.24, 2.45) is 5.73 Å². The van der Waals surface area contributed by atoms with E-state index in [9.17, 15) is 4.79 Å². The van der Waals surface area contributed by atoms with Gasteiger partial charge in [-0.25, -0.2) is 0 Å². The van der Waals surface area contributed by atoms with Crippen molar-refractivity contribution < 1.29 is 14.3 Å². The minimum atomic E-state index is 0.135. The number of benzene rings is 1. The van der Waals surface area contributed by atoms with Crippen LogP contribution in [0.4, 0.5) is 0 Å². The lowest BCUT2D eigenvalue weighted by Gasteiger charge is -2.30. The quantitative estimate of drug-likeness (QED) is 0.923. The van der Waals surface area contributed by atoms with E-state index in [2.05, 4.69) is 0 Å². The maximum Gasteiger partial charge on any atom is 0.222 e. The molecule has 0 aliphatic carbocycles. The number of ether oxygens (including phenoxy) is 2. The highest BCUT2D eigenvalue weighted by Gasteiger charge is 2.21. The first kappa shape index (κ1) is 15.2. The van der Waals surface area contributed by atoms with Crippen molar-refractivity contribution in [1.29, 1.82) is 0 Å². The number of piperidine rings is 1. The van der Waals surface area contributed by atoms with Crippen LogP contribution in [0.3, 0.4) is 0 Å². The lowest BCUT2D eigenvalue weighted by atomic mass is 10.0. The molecule has 2 aliphatic heterocycles. The highest BCUT2D eigenvalue weighted by molar-refractivity contribution is 5.76. The van der Waals surface area contributed by atoms with Crippen LogP contribution in [0, 0.1) is 0 Å². The predicted octanol–water partition coefficient (Wildman–Crippen LogP) is 1.73. The molecule has 22 heavy (non-hydrogen) atoms. The number of hydrogen-bond donors (Lipinski definition) is 1. The molecule has 2 N–H and O–H groups in total. The van der Waals surface area contributed by atoms with E-state index in [-0.39, 0.29) is 11.9 Å². The summed E-state index contributed by atoms with van der Waals surface area (Å²) in [4.78, 5) is 14.2. The lowest BCUT2D eigenvalue weighted by molar-refractivity contribution is -0.132. The lowest BCUT2D eigenvalue weighted by Crippen LogP contribution is -2.45. The molecular weight excluding hydrogens is 280 g/mol. The van der Waals surface area contributed by atoms with Gasteiger partial charge in [-0.2, -0.15) is 0 Å². The summed E-state index contributed by atoms with van der Waals surface area (Å²) in [6.07, 6.45) is 4.17. The molecule has 3 rings (SSSR count). The fraction of sp³-hybridized carbons (Fsp3) is 0.588. The third-order valence-electron chi connectivity index (χ3n) is 4.25. The fourth-order valence-electron chi connectivity index (χ4n) is 3.01. The van der Waals surface area contributed by atoms with E-state index in [0.29, 0.717) is 26.2 Å². The van der Waals surface area contributed by atoms with Gasteiger partial charge in [0.2, 0.25) is 5.91 Å². The molecule has 2 heterocycles. The summed E-state index contributed by atoms with van der Waals surface area (Å²) < 4.78 is 11.3. The smallest absolute Gasteiger partial charge is 0.222 e. The Morgan fingerprint density at radius 2 is 2.05 bits per heavy atom. The van der Waals surface area contributed by atoms with Crippen molar-refractivity contribution in [2.45, 2.75) is 38.1 Å². The zero-order valence-corrected chi connectivity index (χ0v) is 12.9. The van der Waals surface area contributed by atoms with Crippen LogP contribution in [-0.2, 0) is 11.2 Å². The third-order valence-corrected chi connectivity index (χ3v) is 4.25. The second kappa shape index (κ2) is 7.01. The molecule has 1 saturated heterocycles. The number of nitrogens with zero attached hydrogens (tertiary/aromatic N) is 1. The summed E-state index contributed by atoms with van der Waals surface area (Å²) >= 11 is 0. The van der Waals surface area contributed by atoms with Crippen LogP contribution in [0.15, 0.2) is 18.2 Å². The molecule has 0 saturated carbocycles. The van der Waals surface area contributed by atoms with Crippen molar-refractivity contribution in [2.75, 3.05) is 26.3 Å². The Labute approximate surface area is 131 Å². The first-order chi connectivity index (χ1) is 10.7. The Bertz CT molecular complexity index is 533. The van der Waals surface area contributed by atoms with Crippen molar-refractivity contribution in [1.82, 2.24) is 4.90 Å². The van der Waals surface area contributed by atoms with Crippen molar-refractivity contribution in [3.63, 3.8) is 0 Å². The fourth-order valence-corrected chi connectivity index (χ4v) is 3.01. The summed E-state index contributed by atoms with van der Waals surface area (Å²) in [5.41, 5.74) is 7.05. The van der Waals surface area contributed by atoms with E-state index in [1.165, 1.54) is 0 Å². The molecule has 5 heteroatoms. The molecule has 1 fully saturated rings. The zero-order valence-electron chi connectivity index (χ0n) is 12.9. The molecule has 1 amide bonds. The van der Waals surface area contributed by atoms with Gasteiger partial charge in [-0.3, -0.25) is 4.79 Å². The highest BCUT2D eigenvalue weighted by Crippen LogP contribution is 2.30. The van der Waals surface area contributed by atoms with Crippen LogP contribution in [0.5, 0.6) is 11.5 Å². The van der Waals surface area contributed by atoms with E-state index < -0.39 is 0 Å². The SMILES string of the molecule is N[C@@H]1CCCN(C(=O)CCc2ccc3c(c2)OCCCO3)C1. The van der Waals surface area contributed by atoms with E-state index in [1.54, 1.807) is 0 Å². The number of likely N-dealkylation sites (tertiary alicyclic amines) is 1. The minimum absolute atomic E-state index is 0.135. The average Bonchev–Trinajstić information content (AvgIpc) is 2.77. The molecular formula is C17H24N2O3. The van der Waals surface area contributed by atoms with Crippen LogP contribution < -0.4 is 15.2 Å². The second-order valence-electron chi connectivity index (χ2n) is 6.07. The molecule has 1 aromatic carbocycles. The Morgan fingerprint density at radius 3 is 2.86 bits per heavy atom. The second-order valence-corrected chi connectivity index (χ2v) is 6.07. The van der Waals surface area contributed by atoms with E-state index in [4.69, 9.17) is 15.2 Å². The number of nitrogens with two attached hydrogens (primary N) is 1. The Hall–Kier alpha value is -1.75. The van der Waals surface area contributed by atoms with Gasteiger partial charge in [0.05, 0.1) is 13.2 Å². The van der Waals surface area contributed by atoms with Crippen LogP contribution in [0.1, 0.15) is 31.2 Å². The summed E-state index contributed by atoms with van der Waals surface area (Å²) in [7, 11) is 0. The monoisotopic (exact) mass is 304 g/mol. The van der Waals surface area contributed by atoms with Crippen molar-refractivity contribution in [3.05, 3.63) is 23.8 Å². The number of fused-ring (bicyclic) bond motifs is 1. The van der Waals surface area contributed by atoms with Gasteiger partial charge in [-0.05, 0) is 37.0 Å². The van der Waals surface area contributed by atoms with Gasteiger partial charge in [-0.15, -0.1) is 0 Å². The van der Waals surface area contributed by atoms with Crippen LogP contribution >= 0.6 is 0 Å². The number of carbonyl (C=O) groups excluding carboxylic acids is 1. The van der Waals surface area contributed by atoms with Crippen LogP contribution in [0.25, 0.3) is 0 Å². The zero-order chi connectivity index (χ0) is 15.4. The molecule has 0 radical (unpaired) electrons. The first-order valence-corrected chi connectivity index (χ1v) is 8.14. The van der Waals surface area contributed by atoms with E-state index >= 15 is 0 Å². The molecule has 5 nitrogen and oxygen atoms in total. The van der Waals surface area contributed by atoms with Gasteiger partial charge in [-0.1, -0.05) is 6.07 Å². The summed E-state index contributed by atoms with van der Waals surface area (Å²) in [6, 6.07) is 6.09. The molecule has 1 atom stereocenters. The van der Waals surface area contributed by atoms with Crippen molar-refractivity contribution in [3.8, 4) is 11.5 Å². The first-order valence-electron chi connectivity index (χ1n) is 8.14. The molecule has 1 aromatic rings. The van der Waals surface area contributed by atoms with Gasteiger partial charge >= 0.3 is 0 Å². The number of hydrogen-bond acceptors (Lipinski definition) is 4. The maximum atomic E-state index is 12.3. The van der Waals surface area contributed by atoms with Gasteiger partial charge in [0, 0.05) is 32.0 Å². The Morgan fingerprint density at radius 1 is 1.23 bits per heavy atom. The number of aryl methyl sites for hydroxylation is 1. The largest absolute Gasteiger partial charge is 0.490 e. The number of amides is 1. The van der Waals surface area contributed by atoms with Crippen LogP contribution in [0.2, 0.25) is 0 Å². The molecule has 0 bridgehead atoms. The Balaban J connectivity index is 1.57. The van der Waals surface area contributed by atoms with Gasteiger partial charge in [0.15, 0.2) is 11.5 Å². The maximum absolute atomic E-state index is 12.3. The summed E-state index contributed by atoms with van der Waals surface area (Å²) in [5, 5.41) is 0. The standard InChI is InChI=1S/C17H24N2O3/c18-14-3-1-8-19(12-14)17(20)7-5-13-4-6-15-16(11-13)22-10-2-9-21-15/h4,6,11,14H,1-3,5,7-10,12,18H2/t14-/m1/s1. The number of rotatable bonds is 3. The van der Waals surface area contributed by atoms with Crippen LogP contribution in [-0.4, -0.2) is 43.2 Å². The normalized spacial score (nSPS) is 21.3. The van der Waals surface area contributed by atoms with E-state index in [0.717, 1.165) is 49.3 Å².